The predicted molar refractivity (Wildman–Crippen MR) is 117 cm³/mol. The molecular weight excluding hydrogens is 425 g/mol. The lowest BCUT2D eigenvalue weighted by atomic mass is 9.90. The second-order valence-corrected chi connectivity index (χ2v) is 7.93. The summed E-state index contributed by atoms with van der Waals surface area (Å²) < 4.78 is 0. The van der Waals surface area contributed by atoms with Crippen molar-refractivity contribution in [2.24, 2.45) is 0 Å². The molecule has 2 aromatic rings. The van der Waals surface area contributed by atoms with Crippen LogP contribution in [0.5, 0.6) is 0 Å². The van der Waals surface area contributed by atoms with E-state index < -0.39 is 0 Å². The standard InChI is InChI=1S/C22H23Cl2N3O3/c1-14(28)27-11-8-15-4-2-3-5-17(15)20(27)13-21(29)25-9-10-26-22(30)16-6-7-18(23)19(24)12-16/h2-7,12,20H,8-11,13H2,1H3,(H,25,29)(H,26,30). The molecule has 0 aliphatic carbocycles. The number of carbonyl (C=O) groups is 3. The molecule has 3 rings (SSSR count). The van der Waals surface area contributed by atoms with E-state index in [9.17, 15) is 14.4 Å². The molecule has 30 heavy (non-hydrogen) atoms. The molecule has 0 aromatic heterocycles. The van der Waals surface area contributed by atoms with Crippen LogP contribution in [0.15, 0.2) is 42.5 Å². The number of hydrogen-bond acceptors (Lipinski definition) is 3. The fourth-order valence-electron chi connectivity index (χ4n) is 3.61. The van der Waals surface area contributed by atoms with E-state index in [1.165, 1.54) is 18.6 Å². The van der Waals surface area contributed by atoms with Crippen molar-refractivity contribution < 1.29 is 14.4 Å². The van der Waals surface area contributed by atoms with Gasteiger partial charge in [-0.1, -0.05) is 47.5 Å². The van der Waals surface area contributed by atoms with E-state index in [2.05, 4.69) is 10.6 Å². The Morgan fingerprint density at radius 2 is 1.77 bits per heavy atom. The lowest BCUT2D eigenvalue weighted by Gasteiger charge is -2.36. The summed E-state index contributed by atoms with van der Waals surface area (Å²) >= 11 is 11.8. The van der Waals surface area contributed by atoms with Crippen molar-refractivity contribution >= 4 is 40.9 Å². The summed E-state index contributed by atoms with van der Waals surface area (Å²) in [6, 6.07) is 12.3. The van der Waals surface area contributed by atoms with Gasteiger partial charge in [-0.15, -0.1) is 0 Å². The zero-order valence-electron chi connectivity index (χ0n) is 16.6. The van der Waals surface area contributed by atoms with E-state index in [4.69, 9.17) is 23.2 Å². The van der Waals surface area contributed by atoms with Crippen molar-refractivity contribution in [2.75, 3.05) is 19.6 Å². The topological polar surface area (TPSA) is 78.5 Å². The van der Waals surface area contributed by atoms with Gasteiger partial charge in [-0.25, -0.2) is 0 Å². The van der Waals surface area contributed by atoms with Crippen LogP contribution in [0.1, 0.15) is 40.9 Å². The average molecular weight is 448 g/mol. The Kier molecular flexibility index (Phi) is 7.34. The number of hydrogen-bond donors (Lipinski definition) is 2. The van der Waals surface area contributed by atoms with Crippen LogP contribution in [-0.2, 0) is 16.0 Å². The van der Waals surface area contributed by atoms with Crippen molar-refractivity contribution in [2.45, 2.75) is 25.8 Å². The molecule has 0 spiro atoms. The number of amides is 3. The number of carbonyl (C=O) groups excluding carboxylic acids is 3. The molecule has 8 heteroatoms. The van der Waals surface area contributed by atoms with Crippen LogP contribution < -0.4 is 10.6 Å². The highest BCUT2D eigenvalue weighted by Crippen LogP contribution is 2.32. The van der Waals surface area contributed by atoms with Gasteiger partial charge in [-0.05, 0) is 35.7 Å². The zero-order chi connectivity index (χ0) is 21.7. The molecule has 1 atom stereocenters. The predicted octanol–water partition coefficient (Wildman–Crippen LogP) is 3.38. The molecular formula is C22H23Cl2N3O3. The number of nitrogens with zero attached hydrogens (tertiary/aromatic N) is 1. The molecule has 0 radical (unpaired) electrons. The molecule has 1 aliphatic heterocycles. The van der Waals surface area contributed by atoms with Gasteiger partial charge in [0, 0.05) is 32.1 Å². The Morgan fingerprint density at radius 3 is 2.50 bits per heavy atom. The summed E-state index contributed by atoms with van der Waals surface area (Å²) in [5.74, 6) is -0.519. The maximum absolute atomic E-state index is 12.5. The minimum Gasteiger partial charge on any atom is -0.354 e. The Bertz CT molecular complexity index is 964. The highest BCUT2D eigenvalue weighted by atomic mass is 35.5. The zero-order valence-corrected chi connectivity index (χ0v) is 18.1. The Hall–Kier alpha value is -2.57. The third-order valence-corrected chi connectivity index (χ3v) is 5.85. The molecule has 0 saturated heterocycles. The van der Waals surface area contributed by atoms with Gasteiger partial charge in [0.05, 0.1) is 22.5 Å². The maximum atomic E-state index is 12.5. The number of benzene rings is 2. The van der Waals surface area contributed by atoms with E-state index in [-0.39, 0.29) is 43.3 Å². The summed E-state index contributed by atoms with van der Waals surface area (Å²) in [4.78, 5) is 38.4. The number of rotatable bonds is 6. The summed E-state index contributed by atoms with van der Waals surface area (Å²) in [7, 11) is 0. The lowest BCUT2D eigenvalue weighted by molar-refractivity contribution is -0.133. The second-order valence-electron chi connectivity index (χ2n) is 7.12. The maximum Gasteiger partial charge on any atom is 0.251 e. The van der Waals surface area contributed by atoms with Crippen molar-refractivity contribution in [1.29, 1.82) is 0 Å². The molecule has 1 unspecified atom stereocenters. The molecule has 0 bridgehead atoms. The van der Waals surface area contributed by atoms with E-state index in [0.717, 1.165) is 12.0 Å². The van der Waals surface area contributed by atoms with Gasteiger partial charge in [0.2, 0.25) is 11.8 Å². The van der Waals surface area contributed by atoms with E-state index in [1.807, 2.05) is 24.3 Å². The monoisotopic (exact) mass is 447 g/mol. The quantitative estimate of drug-likeness (QED) is 0.666. The van der Waals surface area contributed by atoms with Gasteiger partial charge in [-0.3, -0.25) is 14.4 Å². The molecule has 0 saturated carbocycles. The van der Waals surface area contributed by atoms with Gasteiger partial charge >= 0.3 is 0 Å². The Balaban J connectivity index is 1.52. The minimum atomic E-state index is -0.299. The summed E-state index contributed by atoms with van der Waals surface area (Å²) in [5.41, 5.74) is 2.58. The Labute approximate surface area is 185 Å². The third kappa shape index (κ3) is 5.32. The molecule has 2 N–H and O–H groups in total. The Morgan fingerprint density at radius 1 is 1.03 bits per heavy atom. The van der Waals surface area contributed by atoms with Gasteiger partial charge in [-0.2, -0.15) is 0 Å². The van der Waals surface area contributed by atoms with Crippen LogP contribution in [0.4, 0.5) is 0 Å². The van der Waals surface area contributed by atoms with Crippen LogP contribution >= 0.6 is 23.2 Å². The van der Waals surface area contributed by atoms with Crippen molar-refractivity contribution in [3.8, 4) is 0 Å². The summed E-state index contributed by atoms with van der Waals surface area (Å²) in [5, 5.41) is 6.22. The van der Waals surface area contributed by atoms with Gasteiger partial charge in [0.1, 0.15) is 0 Å². The lowest BCUT2D eigenvalue weighted by Crippen LogP contribution is -2.42. The van der Waals surface area contributed by atoms with Crippen LogP contribution in [0.2, 0.25) is 10.0 Å². The van der Waals surface area contributed by atoms with Crippen LogP contribution in [0.25, 0.3) is 0 Å². The first-order valence-corrected chi connectivity index (χ1v) is 10.5. The highest BCUT2D eigenvalue weighted by molar-refractivity contribution is 6.42. The van der Waals surface area contributed by atoms with Gasteiger partial charge < -0.3 is 15.5 Å². The average Bonchev–Trinajstić information content (AvgIpc) is 2.73. The first-order valence-electron chi connectivity index (χ1n) is 9.71. The molecule has 2 aromatic carbocycles. The molecule has 3 amide bonds. The summed E-state index contributed by atoms with van der Waals surface area (Å²) in [6.45, 7) is 2.67. The van der Waals surface area contributed by atoms with E-state index in [1.54, 1.807) is 17.0 Å². The normalized spacial score (nSPS) is 15.3. The largest absolute Gasteiger partial charge is 0.354 e. The molecule has 1 heterocycles. The molecule has 0 fully saturated rings. The molecule has 158 valence electrons. The van der Waals surface area contributed by atoms with Gasteiger partial charge in [0.25, 0.3) is 5.91 Å². The first kappa shape index (κ1) is 22.1. The first-order chi connectivity index (χ1) is 14.4. The van der Waals surface area contributed by atoms with Crippen molar-refractivity contribution in [3.05, 3.63) is 69.2 Å². The fourth-order valence-corrected chi connectivity index (χ4v) is 3.91. The van der Waals surface area contributed by atoms with E-state index in [0.29, 0.717) is 22.2 Å². The second kappa shape index (κ2) is 9.96. The van der Waals surface area contributed by atoms with Gasteiger partial charge in [0.15, 0.2) is 0 Å². The van der Waals surface area contributed by atoms with E-state index >= 15 is 0 Å². The van der Waals surface area contributed by atoms with Crippen molar-refractivity contribution in [3.63, 3.8) is 0 Å². The SMILES string of the molecule is CC(=O)N1CCc2ccccc2C1CC(=O)NCCNC(=O)c1ccc(Cl)c(Cl)c1. The summed E-state index contributed by atoms with van der Waals surface area (Å²) in [6.07, 6.45) is 0.964. The molecule has 6 nitrogen and oxygen atoms in total. The third-order valence-electron chi connectivity index (χ3n) is 5.11. The van der Waals surface area contributed by atoms with Crippen LogP contribution in [0, 0.1) is 0 Å². The van der Waals surface area contributed by atoms with Crippen molar-refractivity contribution in [1.82, 2.24) is 15.5 Å². The van der Waals surface area contributed by atoms with Crippen LogP contribution in [-0.4, -0.2) is 42.3 Å². The van der Waals surface area contributed by atoms with Crippen LogP contribution in [0.3, 0.4) is 0 Å². The fraction of sp³-hybridized carbons (Fsp3) is 0.318. The number of nitrogens with one attached hydrogen (secondary N) is 2. The number of fused-ring (bicyclic) bond motifs is 1. The minimum absolute atomic E-state index is 0.0452. The molecule has 1 aliphatic rings. The smallest absolute Gasteiger partial charge is 0.251 e. The number of halogens is 2. The highest BCUT2D eigenvalue weighted by Gasteiger charge is 2.30.